The average Bonchev–Trinajstić information content (AvgIpc) is 2.24. The number of benzene rings is 1. The Morgan fingerprint density at radius 3 is 2.29 bits per heavy atom. The Balaban J connectivity index is 2.75. The molecule has 0 aliphatic heterocycles. The smallest absolute Gasteiger partial charge is 0.251 e. The summed E-state index contributed by atoms with van der Waals surface area (Å²) in [6.07, 6.45) is 0. The van der Waals surface area contributed by atoms with Gasteiger partial charge in [-0.05, 0) is 29.7 Å². The van der Waals surface area contributed by atoms with Gasteiger partial charge in [-0.25, -0.2) is 4.39 Å². The van der Waals surface area contributed by atoms with Gasteiger partial charge in [0.25, 0.3) is 5.91 Å². The number of hydrogen-bond donors (Lipinski definition) is 2. The van der Waals surface area contributed by atoms with Gasteiger partial charge in [0.05, 0.1) is 0 Å². The number of nitrogens with one attached hydrogen (secondary N) is 1. The first-order valence-corrected chi connectivity index (χ1v) is 5.61. The molecule has 94 valence electrons. The molecule has 1 rings (SSSR count). The first-order valence-electron chi connectivity index (χ1n) is 5.61. The van der Waals surface area contributed by atoms with Gasteiger partial charge in [0.2, 0.25) is 0 Å². The van der Waals surface area contributed by atoms with Crippen LogP contribution in [0.2, 0.25) is 0 Å². The Hall–Kier alpha value is -1.42. The molecule has 1 atom stereocenters. The van der Waals surface area contributed by atoms with Crippen LogP contribution in [0.3, 0.4) is 0 Å². The fraction of sp³-hybridized carbons (Fsp3) is 0.462. The molecule has 0 spiro atoms. The van der Waals surface area contributed by atoms with Gasteiger partial charge >= 0.3 is 0 Å². The minimum Gasteiger partial charge on any atom is -0.348 e. The summed E-state index contributed by atoms with van der Waals surface area (Å²) in [7, 11) is 0. The van der Waals surface area contributed by atoms with Crippen molar-refractivity contribution >= 4 is 5.91 Å². The van der Waals surface area contributed by atoms with Crippen LogP contribution in [-0.4, -0.2) is 18.5 Å². The second kappa shape index (κ2) is 5.27. The summed E-state index contributed by atoms with van der Waals surface area (Å²) in [4.78, 5) is 11.9. The quantitative estimate of drug-likeness (QED) is 0.845. The van der Waals surface area contributed by atoms with E-state index in [4.69, 9.17) is 5.73 Å². The van der Waals surface area contributed by atoms with Crippen LogP contribution in [0.25, 0.3) is 0 Å². The van der Waals surface area contributed by atoms with E-state index in [1.165, 1.54) is 24.3 Å². The zero-order valence-electron chi connectivity index (χ0n) is 10.5. The van der Waals surface area contributed by atoms with Gasteiger partial charge in [-0.2, -0.15) is 0 Å². The van der Waals surface area contributed by atoms with Crippen LogP contribution >= 0.6 is 0 Å². The van der Waals surface area contributed by atoms with E-state index in [1.807, 2.05) is 20.8 Å². The maximum Gasteiger partial charge on any atom is 0.251 e. The number of hydrogen-bond acceptors (Lipinski definition) is 2. The summed E-state index contributed by atoms with van der Waals surface area (Å²) in [5.41, 5.74) is 5.97. The van der Waals surface area contributed by atoms with Crippen LogP contribution in [0.5, 0.6) is 0 Å². The largest absolute Gasteiger partial charge is 0.348 e. The first-order chi connectivity index (χ1) is 7.84. The SMILES string of the molecule is CC(C)(C)C(CN)NC(=O)c1ccc(F)cc1. The Bertz CT molecular complexity index is 381. The monoisotopic (exact) mass is 238 g/mol. The molecule has 3 nitrogen and oxygen atoms in total. The van der Waals surface area contributed by atoms with Crippen LogP contribution in [0.4, 0.5) is 4.39 Å². The van der Waals surface area contributed by atoms with Crippen molar-refractivity contribution in [3.8, 4) is 0 Å². The summed E-state index contributed by atoms with van der Waals surface area (Å²) in [5.74, 6) is -0.580. The number of nitrogens with two attached hydrogens (primary N) is 1. The van der Waals surface area contributed by atoms with E-state index in [0.717, 1.165) is 0 Å². The second-order valence-corrected chi connectivity index (χ2v) is 5.13. The standard InChI is InChI=1S/C13H19FN2O/c1-13(2,3)11(8-15)16-12(17)9-4-6-10(14)7-5-9/h4-7,11H,8,15H2,1-3H3,(H,16,17). The summed E-state index contributed by atoms with van der Waals surface area (Å²) < 4.78 is 12.7. The van der Waals surface area contributed by atoms with E-state index < -0.39 is 0 Å². The molecule has 1 aromatic rings. The molecule has 3 N–H and O–H groups in total. The number of carbonyl (C=O) groups is 1. The Kier molecular flexibility index (Phi) is 4.23. The van der Waals surface area contributed by atoms with Gasteiger partial charge in [-0.3, -0.25) is 4.79 Å². The molecule has 4 heteroatoms. The predicted octanol–water partition coefficient (Wildman–Crippen LogP) is 1.93. The number of halogens is 1. The fourth-order valence-corrected chi connectivity index (χ4v) is 1.47. The Morgan fingerprint density at radius 2 is 1.88 bits per heavy atom. The molecule has 1 aromatic carbocycles. The molecule has 0 aliphatic rings. The van der Waals surface area contributed by atoms with Gasteiger partial charge in [-0.1, -0.05) is 20.8 Å². The molecule has 0 saturated heterocycles. The van der Waals surface area contributed by atoms with Gasteiger partial charge in [0.1, 0.15) is 5.82 Å². The molecule has 1 amide bonds. The molecule has 0 aliphatic carbocycles. The number of carbonyl (C=O) groups excluding carboxylic acids is 1. The third-order valence-corrected chi connectivity index (χ3v) is 2.69. The second-order valence-electron chi connectivity index (χ2n) is 5.13. The number of rotatable bonds is 3. The molecular weight excluding hydrogens is 219 g/mol. The molecule has 0 aromatic heterocycles. The predicted molar refractivity (Wildman–Crippen MR) is 66.2 cm³/mol. The maximum absolute atomic E-state index is 12.7. The maximum atomic E-state index is 12.7. The third-order valence-electron chi connectivity index (χ3n) is 2.69. The first kappa shape index (κ1) is 13.6. The van der Waals surface area contributed by atoms with Gasteiger partial charge in [-0.15, -0.1) is 0 Å². The zero-order chi connectivity index (χ0) is 13.1. The molecule has 0 heterocycles. The highest BCUT2D eigenvalue weighted by Crippen LogP contribution is 2.18. The van der Waals surface area contributed by atoms with E-state index in [1.54, 1.807) is 0 Å². The summed E-state index contributed by atoms with van der Waals surface area (Å²) in [6, 6.07) is 5.34. The van der Waals surface area contributed by atoms with Crippen molar-refractivity contribution in [2.75, 3.05) is 6.54 Å². The fourth-order valence-electron chi connectivity index (χ4n) is 1.47. The Labute approximate surface area is 101 Å². The topological polar surface area (TPSA) is 55.1 Å². The van der Waals surface area contributed by atoms with Crippen molar-refractivity contribution in [3.63, 3.8) is 0 Å². The zero-order valence-corrected chi connectivity index (χ0v) is 10.5. The molecule has 1 unspecified atom stereocenters. The van der Waals surface area contributed by atoms with E-state index in [-0.39, 0.29) is 23.2 Å². The van der Waals surface area contributed by atoms with Gasteiger partial charge in [0, 0.05) is 18.2 Å². The van der Waals surface area contributed by atoms with Crippen LogP contribution in [0.15, 0.2) is 24.3 Å². The van der Waals surface area contributed by atoms with Crippen molar-refractivity contribution in [2.45, 2.75) is 26.8 Å². The molecule has 0 radical (unpaired) electrons. The lowest BCUT2D eigenvalue weighted by molar-refractivity contribution is 0.0905. The summed E-state index contributed by atoms with van der Waals surface area (Å²) in [6.45, 7) is 6.40. The Morgan fingerprint density at radius 1 is 1.35 bits per heavy atom. The number of amides is 1. The lowest BCUT2D eigenvalue weighted by Gasteiger charge is -2.30. The van der Waals surface area contributed by atoms with E-state index >= 15 is 0 Å². The average molecular weight is 238 g/mol. The molecule has 0 fully saturated rings. The van der Waals surface area contributed by atoms with Crippen LogP contribution < -0.4 is 11.1 Å². The van der Waals surface area contributed by atoms with E-state index in [2.05, 4.69) is 5.32 Å². The van der Waals surface area contributed by atoms with Crippen molar-refractivity contribution in [3.05, 3.63) is 35.6 Å². The summed E-state index contributed by atoms with van der Waals surface area (Å²) >= 11 is 0. The lowest BCUT2D eigenvalue weighted by atomic mass is 9.86. The normalized spacial score (nSPS) is 13.2. The van der Waals surface area contributed by atoms with Gasteiger partial charge in [0.15, 0.2) is 0 Å². The molecule has 0 saturated carbocycles. The van der Waals surface area contributed by atoms with Crippen molar-refractivity contribution < 1.29 is 9.18 Å². The van der Waals surface area contributed by atoms with E-state index in [9.17, 15) is 9.18 Å². The molecule has 0 bridgehead atoms. The van der Waals surface area contributed by atoms with Crippen molar-refractivity contribution in [2.24, 2.45) is 11.1 Å². The van der Waals surface area contributed by atoms with Crippen molar-refractivity contribution in [1.82, 2.24) is 5.32 Å². The highest BCUT2D eigenvalue weighted by Gasteiger charge is 2.25. The highest BCUT2D eigenvalue weighted by atomic mass is 19.1. The van der Waals surface area contributed by atoms with Crippen LogP contribution in [0.1, 0.15) is 31.1 Å². The highest BCUT2D eigenvalue weighted by molar-refractivity contribution is 5.94. The van der Waals surface area contributed by atoms with Crippen LogP contribution in [-0.2, 0) is 0 Å². The van der Waals surface area contributed by atoms with Gasteiger partial charge < -0.3 is 11.1 Å². The summed E-state index contributed by atoms with van der Waals surface area (Å²) in [5, 5.41) is 2.86. The minimum absolute atomic E-state index is 0.107. The molecular formula is C13H19FN2O. The van der Waals surface area contributed by atoms with E-state index in [0.29, 0.717) is 12.1 Å². The molecule has 17 heavy (non-hydrogen) atoms. The minimum atomic E-state index is -0.354. The van der Waals surface area contributed by atoms with Crippen molar-refractivity contribution in [1.29, 1.82) is 0 Å². The third kappa shape index (κ3) is 3.82. The van der Waals surface area contributed by atoms with Crippen LogP contribution in [0, 0.1) is 11.2 Å². The lowest BCUT2D eigenvalue weighted by Crippen LogP contribution is -2.48.